The Kier molecular flexibility index (Phi) is 3.87. The Balaban J connectivity index is 2.35. The third-order valence-corrected chi connectivity index (χ3v) is 4.29. The molecule has 0 N–H and O–H groups in total. The molecule has 14 heavy (non-hydrogen) atoms. The van der Waals surface area contributed by atoms with Gasteiger partial charge in [0.25, 0.3) is 0 Å². The monoisotopic (exact) mass is 208 g/mol. The molecule has 0 amide bonds. The molecule has 0 spiro atoms. The van der Waals surface area contributed by atoms with E-state index in [9.17, 15) is 0 Å². The highest BCUT2D eigenvalue weighted by Gasteiger charge is 2.11. The zero-order chi connectivity index (χ0) is 10.6. The molecular formula is C12H22NSi+. The maximum Gasteiger partial charge on any atom is 0.168 e. The van der Waals surface area contributed by atoms with Gasteiger partial charge in [0.05, 0.1) is 0 Å². The van der Waals surface area contributed by atoms with Crippen molar-refractivity contribution in [1.29, 1.82) is 0 Å². The van der Waals surface area contributed by atoms with E-state index in [0.717, 1.165) is 0 Å². The first-order valence-electron chi connectivity index (χ1n) is 5.41. The lowest BCUT2D eigenvalue weighted by Gasteiger charge is -2.14. The lowest BCUT2D eigenvalue weighted by Crippen LogP contribution is -2.26. The summed E-state index contributed by atoms with van der Waals surface area (Å²) in [6, 6.07) is 5.89. The summed E-state index contributed by atoms with van der Waals surface area (Å²) < 4.78 is 2.09. The summed E-state index contributed by atoms with van der Waals surface area (Å²) >= 11 is 0. The van der Waals surface area contributed by atoms with E-state index >= 15 is 0 Å². The Morgan fingerprint density at radius 1 is 1.14 bits per heavy atom. The summed E-state index contributed by atoms with van der Waals surface area (Å²) in [6.45, 7) is 7.33. The van der Waals surface area contributed by atoms with Crippen molar-refractivity contribution >= 4 is 8.07 Å². The summed E-state index contributed by atoms with van der Waals surface area (Å²) in [7, 11) is 1.23. The van der Waals surface area contributed by atoms with Crippen molar-refractivity contribution in [2.24, 2.45) is 7.05 Å². The molecule has 0 aliphatic carbocycles. The quantitative estimate of drug-likeness (QED) is 0.529. The van der Waals surface area contributed by atoms with Gasteiger partial charge in [-0.25, -0.2) is 4.57 Å². The van der Waals surface area contributed by atoms with Gasteiger partial charge in [-0.2, -0.15) is 0 Å². The summed E-state index contributed by atoms with van der Waals surface area (Å²) in [5, 5.41) is 0. The Morgan fingerprint density at radius 3 is 2.21 bits per heavy atom. The molecule has 1 aromatic rings. The van der Waals surface area contributed by atoms with Crippen molar-refractivity contribution in [3.8, 4) is 0 Å². The van der Waals surface area contributed by atoms with Gasteiger partial charge in [-0.3, -0.25) is 0 Å². The minimum Gasteiger partial charge on any atom is -0.208 e. The van der Waals surface area contributed by atoms with Crippen molar-refractivity contribution in [3.05, 3.63) is 30.1 Å². The second kappa shape index (κ2) is 4.74. The highest BCUT2D eigenvalue weighted by molar-refractivity contribution is 6.76. The third-order valence-electron chi connectivity index (χ3n) is 2.44. The summed E-state index contributed by atoms with van der Waals surface area (Å²) in [5.41, 5.74) is 1.47. The van der Waals surface area contributed by atoms with E-state index in [-0.39, 0.29) is 0 Å². The van der Waals surface area contributed by atoms with E-state index in [2.05, 4.69) is 55.8 Å². The first-order valence-corrected chi connectivity index (χ1v) is 9.12. The number of nitrogens with zero attached hydrogens (tertiary/aromatic N) is 1. The lowest BCUT2D eigenvalue weighted by atomic mass is 10.2. The molecule has 1 rings (SSSR count). The fourth-order valence-electron chi connectivity index (χ4n) is 1.52. The molecule has 0 saturated carbocycles. The van der Waals surface area contributed by atoms with Crippen molar-refractivity contribution < 1.29 is 4.57 Å². The molecule has 1 nitrogen and oxygen atoms in total. The van der Waals surface area contributed by atoms with E-state index in [4.69, 9.17) is 0 Å². The van der Waals surface area contributed by atoms with Gasteiger partial charge in [-0.1, -0.05) is 32.1 Å². The summed E-state index contributed by atoms with van der Waals surface area (Å²) in [6.07, 6.45) is 6.85. The molecule has 0 aliphatic rings. The molecule has 0 saturated heterocycles. The maximum absolute atomic E-state index is 2.44. The predicted octanol–water partition coefficient (Wildman–Crippen LogP) is 2.78. The largest absolute Gasteiger partial charge is 0.208 e. The number of pyridine rings is 1. The molecule has 0 bridgehead atoms. The van der Waals surface area contributed by atoms with Crippen LogP contribution in [0.2, 0.25) is 25.7 Å². The first-order chi connectivity index (χ1) is 6.47. The van der Waals surface area contributed by atoms with Crippen molar-refractivity contribution in [3.63, 3.8) is 0 Å². The van der Waals surface area contributed by atoms with Crippen LogP contribution in [0.3, 0.4) is 0 Å². The molecule has 0 fully saturated rings. The van der Waals surface area contributed by atoms with Gasteiger partial charge in [-0.05, 0) is 12.0 Å². The van der Waals surface area contributed by atoms with Crippen molar-refractivity contribution in [2.75, 3.05) is 0 Å². The van der Waals surface area contributed by atoms with Crippen LogP contribution in [0, 0.1) is 0 Å². The Bertz CT molecular complexity index is 271. The Hall–Kier alpha value is -0.633. The van der Waals surface area contributed by atoms with Gasteiger partial charge >= 0.3 is 0 Å². The Labute approximate surface area is 88.8 Å². The lowest BCUT2D eigenvalue weighted by molar-refractivity contribution is -0.671. The van der Waals surface area contributed by atoms with E-state index in [1.54, 1.807) is 0 Å². The fraction of sp³-hybridized carbons (Fsp3) is 0.583. The summed E-state index contributed by atoms with van der Waals surface area (Å²) in [5.74, 6) is 0. The van der Waals surface area contributed by atoms with Crippen LogP contribution in [0.4, 0.5) is 0 Å². The van der Waals surface area contributed by atoms with Crippen LogP contribution in [0.1, 0.15) is 12.0 Å². The average Bonchev–Trinajstić information content (AvgIpc) is 2.06. The average molecular weight is 208 g/mol. The van der Waals surface area contributed by atoms with E-state index < -0.39 is 8.07 Å². The van der Waals surface area contributed by atoms with Crippen molar-refractivity contribution in [2.45, 2.75) is 38.5 Å². The van der Waals surface area contributed by atoms with Crippen LogP contribution in [-0.2, 0) is 13.5 Å². The molecule has 0 aliphatic heterocycles. The second-order valence-corrected chi connectivity index (χ2v) is 10.9. The van der Waals surface area contributed by atoms with Gasteiger partial charge in [0.1, 0.15) is 7.05 Å². The first kappa shape index (κ1) is 11.4. The van der Waals surface area contributed by atoms with Crippen LogP contribution in [0.25, 0.3) is 0 Å². The Morgan fingerprint density at radius 2 is 1.71 bits per heavy atom. The van der Waals surface area contributed by atoms with Crippen molar-refractivity contribution in [1.82, 2.24) is 0 Å². The minimum atomic E-state index is -0.827. The van der Waals surface area contributed by atoms with Gasteiger partial charge in [0, 0.05) is 20.2 Å². The van der Waals surface area contributed by atoms with Crippen LogP contribution >= 0.6 is 0 Å². The third kappa shape index (κ3) is 4.56. The zero-order valence-corrected chi connectivity index (χ0v) is 10.9. The van der Waals surface area contributed by atoms with Crippen LogP contribution in [0.15, 0.2) is 24.5 Å². The predicted molar refractivity (Wildman–Crippen MR) is 64.1 cm³/mol. The molecule has 1 aromatic heterocycles. The van der Waals surface area contributed by atoms with Crippen LogP contribution in [-0.4, -0.2) is 8.07 Å². The van der Waals surface area contributed by atoms with Crippen LogP contribution < -0.4 is 4.57 Å². The van der Waals surface area contributed by atoms with Crippen LogP contribution in [0.5, 0.6) is 0 Å². The van der Waals surface area contributed by atoms with Gasteiger partial charge in [0.2, 0.25) is 0 Å². The molecule has 78 valence electrons. The molecular weight excluding hydrogens is 186 g/mol. The zero-order valence-electron chi connectivity index (χ0n) is 9.88. The van der Waals surface area contributed by atoms with E-state index in [0.29, 0.717) is 0 Å². The molecule has 0 atom stereocenters. The molecule has 0 aromatic carbocycles. The van der Waals surface area contributed by atoms with Gasteiger partial charge in [0.15, 0.2) is 12.4 Å². The minimum absolute atomic E-state index is 0.827. The smallest absolute Gasteiger partial charge is 0.168 e. The highest BCUT2D eigenvalue weighted by Crippen LogP contribution is 2.13. The number of hydrogen-bond acceptors (Lipinski definition) is 0. The maximum atomic E-state index is 2.44. The second-order valence-electron chi connectivity index (χ2n) is 5.29. The van der Waals surface area contributed by atoms with Gasteiger partial charge < -0.3 is 0 Å². The number of aryl methyl sites for hydroxylation is 2. The normalized spacial score (nSPS) is 11.7. The molecule has 0 unspecified atom stereocenters. The molecule has 1 heterocycles. The summed E-state index contributed by atoms with van der Waals surface area (Å²) in [4.78, 5) is 0. The number of hydrogen-bond donors (Lipinski definition) is 0. The number of rotatable bonds is 4. The molecule has 2 heteroatoms. The molecule has 0 radical (unpaired) electrons. The fourth-order valence-corrected chi connectivity index (χ4v) is 2.76. The standard InChI is InChI=1S/C12H22NSi/c1-13-9-7-12(8-10-13)6-5-11-14(2,3)4/h7-10H,5-6,11H2,1-4H3/q+1. The highest BCUT2D eigenvalue weighted by atomic mass is 28.3. The van der Waals surface area contributed by atoms with E-state index in [1.807, 2.05) is 0 Å². The van der Waals surface area contributed by atoms with E-state index in [1.165, 1.54) is 24.4 Å². The van der Waals surface area contributed by atoms with Gasteiger partial charge in [-0.15, -0.1) is 0 Å². The number of aromatic nitrogens is 1. The topological polar surface area (TPSA) is 3.88 Å². The SMILES string of the molecule is C[n+]1ccc(CCC[Si](C)(C)C)cc1.